The first-order valence-electron chi connectivity index (χ1n) is 7.16. The number of para-hydroxylation sites is 2. The predicted octanol–water partition coefficient (Wildman–Crippen LogP) is 2.51. The van der Waals surface area contributed by atoms with Crippen LogP contribution in [0.3, 0.4) is 0 Å². The molecule has 1 aliphatic heterocycles. The number of aromatic amines is 1. The quantitative estimate of drug-likeness (QED) is 0.909. The highest BCUT2D eigenvalue weighted by Crippen LogP contribution is 2.24. The number of amides is 1. The standard InChI is InChI=1S/C15H19N3OS/c19-15(13-7-3-4-10-20-13)16-9-8-14-17-11-5-1-2-6-12(11)18-14/h1-2,5-6,13H,3-4,7-10H2,(H,16,19)(H,17,18). The molecule has 2 heterocycles. The van der Waals surface area contributed by atoms with Crippen LogP contribution in [0.25, 0.3) is 11.0 Å². The van der Waals surface area contributed by atoms with E-state index in [4.69, 9.17) is 0 Å². The molecular formula is C15H19N3OS. The van der Waals surface area contributed by atoms with E-state index in [1.807, 2.05) is 24.3 Å². The van der Waals surface area contributed by atoms with Crippen LogP contribution in [-0.4, -0.2) is 33.4 Å². The second kappa shape index (κ2) is 6.31. The smallest absolute Gasteiger partial charge is 0.233 e. The maximum Gasteiger partial charge on any atom is 0.233 e. The number of H-pyrrole nitrogens is 1. The molecule has 2 N–H and O–H groups in total. The van der Waals surface area contributed by atoms with Gasteiger partial charge in [0.15, 0.2) is 0 Å². The molecule has 1 aromatic carbocycles. The molecular weight excluding hydrogens is 270 g/mol. The van der Waals surface area contributed by atoms with Crippen LogP contribution >= 0.6 is 11.8 Å². The predicted molar refractivity (Wildman–Crippen MR) is 82.9 cm³/mol. The van der Waals surface area contributed by atoms with Crippen LogP contribution in [0.1, 0.15) is 25.1 Å². The molecule has 20 heavy (non-hydrogen) atoms. The van der Waals surface area contributed by atoms with Crippen LogP contribution in [-0.2, 0) is 11.2 Å². The molecule has 5 heteroatoms. The summed E-state index contributed by atoms with van der Waals surface area (Å²) in [6.07, 6.45) is 4.18. The SMILES string of the molecule is O=C(NCCc1nc2ccccc2[nH]1)C1CCCCS1. The molecule has 1 amide bonds. The third kappa shape index (κ3) is 3.15. The lowest BCUT2D eigenvalue weighted by Gasteiger charge is -2.20. The number of imidazole rings is 1. The Morgan fingerprint density at radius 3 is 3.10 bits per heavy atom. The van der Waals surface area contributed by atoms with Crippen LogP contribution in [0.4, 0.5) is 0 Å². The number of rotatable bonds is 4. The molecule has 1 fully saturated rings. The normalized spacial score (nSPS) is 19.1. The van der Waals surface area contributed by atoms with Gasteiger partial charge in [0.2, 0.25) is 5.91 Å². The molecule has 4 nitrogen and oxygen atoms in total. The van der Waals surface area contributed by atoms with Crippen LogP contribution in [0, 0.1) is 0 Å². The largest absolute Gasteiger partial charge is 0.355 e. The summed E-state index contributed by atoms with van der Waals surface area (Å²) >= 11 is 1.79. The van der Waals surface area contributed by atoms with E-state index < -0.39 is 0 Å². The maximum atomic E-state index is 12.0. The van der Waals surface area contributed by atoms with Crippen molar-refractivity contribution in [2.75, 3.05) is 12.3 Å². The zero-order valence-electron chi connectivity index (χ0n) is 11.4. The third-order valence-corrected chi connectivity index (χ3v) is 4.95. The zero-order valence-corrected chi connectivity index (χ0v) is 12.2. The van der Waals surface area contributed by atoms with Crippen molar-refractivity contribution in [2.24, 2.45) is 0 Å². The molecule has 0 spiro atoms. The van der Waals surface area contributed by atoms with Crippen molar-refractivity contribution < 1.29 is 4.79 Å². The summed E-state index contributed by atoms with van der Waals surface area (Å²) in [5.41, 5.74) is 2.04. The Morgan fingerprint density at radius 1 is 1.40 bits per heavy atom. The average molecular weight is 289 g/mol. The first-order valence-corrected chi connectivity index (χ1v) is 8.21. The van der Waals surface area contributed by atoms with Gasteiger partial charge < -0.3 is 10.3 Å². The van der Waals surface area contributed by atoms with E-state index in [0.29, 0.717) is 6.54 Å². The van der Waals surface area contributed by atoms with E-state index in [2.05, 4.69) is 15.3 Å². The minimum absolute atomic E-state index is 0.152. The van der Waals surface area contributed by atoms with Crippen molar-refractivity contribution in [2.45, 2.75) is 30.9 Å². The summed E-state index contributed by atoms with van der Waals surface area (Å²) in [6, 6.07) is 7.98. The fourth-order valence-electron chi connectivity index (χ4n) is 2.49. The second-order valence-corrected chi connectivity index (χ2v) is 6.41. The summed E-state index contributed by atoms with van der Waals surface area (Å²) in [5.74, 6) is 2.23. The number of carbonyl (C=O) groups is 1. The molecule has 3 rings (SSSR count). The van der Waals surface area contributed by atoms with E-state index in [-0.39, 0.29) is 11.2 Å². The van der Waals surface area contributed by atoms with Gasteiger partial charge in [0.05, 0.1) is 16.3 Å². The number of hydrogen-bond acceptors (Lipinski definition) is 3. The molecule has 1 atom stereocenters. The lowest BCUT2D eigenvalue weighted by Crippen LogP contribution is -2.35. The second-order valence-electron chi connectivity index (χ2n) is 5.10. The minimum Gasteiger partial charge on any atom is -0.355 e. The average Bonchev–Trinajstić information content (AvgIpc) is 2.90. The Labute approximate surface area is 122 Å². The Morgan fingerprint density at radius 2 is 2.30 bits per heavy atom. The Hall–Kier alpha value is -1.49. The zero-order chi connectivity index (χ0) is 13.8. The highest BCUT2D eigenvalue weighted by atomic mass is 32.2. The highest BCUT2D eigenvalue weighted by molar-refractivity contribution is 8.00. The van der Waals surface area contributed by atoms with Gasteiger partial charge in [-0.25, -0.2) is 4.98 Å². The third-order valence-electron chi connectivity index (χ3n) is 3.57. The van der Waals surface area contributed by atoms with Crippen molar-refractivity contribution in [3.63, 3.8) is 0 Å². The summed E-state index contributed by atoms with van der Waals surface area (Å²) in [6.45, 7) is 0.649. The van der Waals surface area contributed by atoms with Gasteiger partial charge in [0, 0.05) is 13.0 Å². The van der Waals surface area contributed by atoms with E-state index in [0.717, 1.165) is 35.5 Å². The first kappa shape index (κ1) is 13.5. The van der Waals surface area contributed by atoms with E-state index in [1.54, 1.807) is 11.8 Å². The Bertz CT molecular complexity index is 557. The number of hydrogen-bond donors (Lipinski definition) is 2. The fourth-order valence-corrected chi connectivity index (χ4v) is 3.71. The van der Waals surface area contributed by atoms with Gasteiger partial charge in [-0.1, -0.05) is 18.6 Å². The fraction of sp³-hybridized carbons (Fsp3) is 0.467. The monoisotopic (exact) mass is 289 g/mol. The van der Waals surface area contributed by atoms with E-state index in [1.165, 1.54) is 12.8 Å². The van der Waals surface area contributed by atoms with Crippen LogP contribution < -0.4 is 5.32 Å². The highest BCUT2D eigenvalue weighted by Gasteiger charge is 2.21. The number of nitrogens with zero attached hydrogens (tertiary/aromatic N) is 1. The van der Waals surface area contributed by atoms with Crippen molar-refractivity contribution in [1.29, 1.82) is 0 Å². The molecule has 1 aromatic heterocycles. The molecule has 0 radical (unpaired) electrons. The van der Waals surface area contributed by atoms with Gasteiger partial charge in [0.25, 0.3) is 0 Å². The lowest BCUT2D eigenvalue weighted by molar-refractivity contribution is -0.120. The Kier molecular flexibility index (Phi) is 4.25. The number of nitrogens with one attached hydrogen (secondary N) is 2. The van der Waals surface area contributed by atoms with Crippen molar-refractivity contribution in [3.8, 4) is 0 Å². The van der Waals surface area contributed by atoms with E-state index in [9.17, 15) is 4.79 Å². The maximum absolute atomic E-state index is 12.0. The first-order chi connectivity index (χ1) is 9.83. The molecule has 1 aliphatic rings. The molecule has 0 aliphatic carbocycles. The molecule has 106 valence electrons. The molecule has 1 saturated heterocycles. The molecule has 1 unspecified atom stereocenters. The van der Waals surface area contributed by atoms with Crippen LogP contribution in [0.5, 0.6) is 0 Å². The number of thioether (sulfide) groups is 1. The Balaban J connectivity index is 1.50. The summed E-state index contributed by atoms with van der Waals surface area (Å²) < 4.78 is 0. The van der Waals surface area contributed by atoms with Gasteiger partial charge in [-0.15, -0.1) is 11.8 Å². The summed E-state index contributed by atoms with van der Waals surface area (Å²) in [4.78, 5) is 19.8. The van der Waals surface area contributed by atoms with Gasteiger partial charge in [-0.3, -0.25) is 4.79 Å². The van der Waals surface area contributed by atoms with Crippen LogP contribution in [0.2, 0.25) is 0 Å². The minimum atomic E-state index is 0.152. The van der Waals surface area contributed by atoms with Crippen LogP contribution in [0.15, 0.2) is 24.3 Å². The number of aromatic nitrogens is 2. The number of carbonyl (C=O) groups excluding carboxylic acids is 1. The van der Waals surface area contributed by atoms with Gasteiger partial charge in [0.1, 0.15) is 5.82 Å². The molecule has 0 bridgehead atoms. The van der Waals surface area contributed by atoms with Crippen molar-refractivity contribution >= 4 is 28.7 Å². The summed E-state index contributed by atoms with van der Waals surface area (Å²) in [5, 5.41) is 3.18. The van der Waals surface area contributed by atoms with Gasteiger partial charge in [-0.05, 0) is 30.7 Å². The lowest BCUT2D eigenvalue weighted by atomic mass is 10.2. The number of benzene rings is 1. The van der Waals surface area contributed by atoms with Gasteiger partial charge in [-0.2, -0.15) is 0 Å². The topological polar surface area (TPSA) is 57.8 Å². The summed E-state index contributed by atoms with van der Waals surface area (Å²) in [7, 11) is 0. The van der Waals surface area contributed by atoms with E-state index >= 15 is 0 Å². The molecule has 0 saturated carbocycles. The number of fused-ring (bicyclic) bond motifs is 1. The van der Waals surface area contributed by atoms with Gasteiger partial charge >= 0.3 is 0 Å². The molecule has 2 aromatic rings. The van der Waals surface area contributed by atoms with Crippen molar-refractivity contribution in [1.82, 2.24) is 15.3 Å². The van der Waals surface area contributed by atoms with Crippen molar-refractivity contribution in [3.05, 3.63) is 30.1 Å².